The Hall–Kier alpha value is -0.000000000000000139. The molecule has 0 amide bonds. The molecule has 0 unspecified atom stereocenters. The Balaban J connectivity index is 2.30. The first kappa shape index (κ1) is 14.4. The molecule has 0 radical (unpaired) electrons. The highest BCUT2D eigenvalue weighted by molar-refractivity contribution is 7.89. The van der Waals surface area contributed by atoms with Crippen molar-refractivity contribution < 1.29 is 8.42 Å². The molecule has 7 heteroatoms. The molecule has 0 bridgehead atoms. The summed E-state index contributed by atoms with van der Waals surface area (Å²) in [6.45, 7) is 0. The second kappa shape index (κ2) is 5.17. The van der Waals surface area contributed by atoms with Gasteiger partial charge in [-0.25, -0.2) is 13.1 Å². The number of alkyl halides is 1. The average Bonchev–Trinajstić information content (AvgIpc) is 2.22. The lowest BCUT2D eigenvalue weighted by Gasteiger charge is -2.40. The topological polar surface area (TPSA) is 46.2 Å². The van der Waals surface area contributed by atoms with E-state index in [2.05, 4.69) is 4.72 Å². The maximum Gasteiger partial charge on any atom is 0.241 e. The average molecular weight is 329 g/mol. The maximum atomic E-state index is 12.2. The number of sulfonamides is 1. The van der Waals surface area contributed by atoms with Crippen LogP contribution in [0.15, 0.2) is 23.1 Å². The van der Waals surface area contributed by atoms with Gasteiger partial charge in [-0.3, -0.25) is 0 Å². The summed E-state index contributed by atoms with van der Waals surface area (Å²) in [4.78, 5) is 0.0661. The monoisotopic (exact) mass is 327 g/mol. The molecule has 1 aromatic carbocycles. The van der Waals surface area contributed by atoms with Crippen molar-refractivity contribution in [3.05, 3.63) is 28.2 Å². The van der Waals surface area contributed by atoms with E-state index in [4.69, 9.17) is 34.8 Å². The van der Waals surface area contributed by atoms with Gasteiger partial charge in [0.2, 0.25) is 10.0 Å². The van der Waals surface area contributed by atoms with Crippen LogP contribution in [0.25, 0.3) is 0 Å². The molecule has 1 aliphatic carbocycles. The molecule has 2 rings (SSSR count). The quantitative estimate of drug-likeness (QED) is 0.861. The Morgan fingerprint density at radius 3 is 2.11 bits per heavy atom. The predicted molar refractivity (Wildman–Crippen MR) is 74.1 cm³/mol. The minimum Gasteiger partial charge on any atom is -0.207 e. The maximum absolute atomic E-state index is 12.2. The third kappa shape index (κ3) is 2.94. The van der Waals surface area contributed by atoms with Crippen molar-refractivity contribution >= 4 is 44.8 Å². The zero-order valence-corrected chi connectivity index (χ0v) is 12.5. The van der Waals surface area contributed by atoms with Gasteiger partial charge in [0, 0.05) is 21.5 Å². The highest BCUT2D eigenvalue weighted by Gasteiger charge is 2.40. The number of hydrogen-bond donors (Lipinski definition) is 1. The van der Waals surface area contributed by atoms with Gasteiger partial charge in [0.05, 0.1) is 4.90 Å². The second-order valence-corrected chi connectivity index (χ2v) is 7.30. The van der Waals surface area contributed by atoms with Crippen molar-refractivity contribution in [2.45, 2.75) is 29.7 Å². The Bertz CT molecular complexity index is 530. The third-order valence-corrected chi connectivity index (χ3v) is 5.57. The van der Waals surface area contributed by atoms with Crippen molar-refractivity contribution in [3.63, 3.8) is 0 Å². The lowest BCUT2D eigenvalue weighted by Crippen LogP contribution is -2.54. The van der Waals surface area contributed by atoms with E-state index in [0.717, 1.165) is 19.3 Å². The number of benzene rings is 1. The zero-order valence-electron chi connectivity index (χ0n) is 9.42. The fourth-order valence-electron chi connectivity index (χ4n) is 1.89. The Labute approximate surface area is 121 Å². The molecule has 0 aromatic heterocycles. The molecule has 1 aromatic rings. The Morgan fingerprint density at radius 1 is 1.17 bits per heavy atom. The zero-order chi connectivity index (χ0) is 13.4. The first-order chi connectivity index (χ1) is 8.37. The summed E-state index contributed by atoms with van der Waals surface area (Å²) >= 11 is 17.4. The van der Waals surface area contributed by atoms with Crippen LogP contribution >= 0.6 is 34.8 Å². The van der Waals surface area contributed by atoms with Crippen LogP contribution in [0.2, 0.25) is 10.0 Å². The summed E-state index contributed by atoms with van der Waals surface area (Å²) in [7, 11) is -3.64. The molecule has 100 valence electrons. The van der Waals surface area contributed by atoms with Gasteiger partial charge in [0.25, 0.3) is 0 Å². The number of nitrogens with one attached hydrogen (secondary N) is 1. The van der Waals surface area contributed by atoms with Crippen LogP contribution in [0.1, 0.15) is 19.3 Å². The molecule has 0 saturated heterocycles. The molecule has 1 N–H and O–H groups in total. The summed E-state index contributed by atoms with van der Waals surface area (Å²) in [5.74, 6) is 0.264. The van der Waals surface area contributed by atoms with Crippen molar-refractivity contribution in [3.8, 4) is 0 Å². The van der Waals surface area contributed by atoms with Gasteiger partial charge in [-0.15, -0.1) is 11.6 Å². The van der Waals surface area contributed by atoms with Gasteiger partial charge in [-0.1, -0.05) is 23.2 Å². The lowest BCUT2D eigenvalue weighted by atomic mass is 9.79. The van der Waals surface area contributed by atoms with E-state index in [1.165, 1.54) is 18.2 Å². The first-order valence-electron chi connectivity index (χ1n) is 5.43. The fraction of sp³-hybridized carbons (Fsp3) is 0.455. The largest absolute Gasteiger partial charge is 0.241 e. The van der Waals surface area contributed by atoms with E-state index < -0.39 is 15.6 Å². The van der Waals surface area contributed by atoms with E-state index in [1.54, 1.807) is 0 Å². The summed E-state index contributed by atoms with van der Waals surface area (Å²) in [6.07, 6.45) is 2.49. The van der Waals surface area contributed by atoms with E-state index >= 15 is 0 Å². The Morgan fingerprint density at radius 2 is 1.72 bits per heavy atom. The van der Waals surface area contributed by atoms with Crippen molar-refractivity contribution in [1.82, 2.24) is 4.72 Å². The molecule has 0 spiro atoms. The molecule has 1 saturated carbocycles. The van der Waals surface area contributed by atoms with E-state index in [-0.39, 0.29) is 20.8 Å². The molecule has 1 fully saturated rings. The molecule has 18 heavy (non-hydrogen) atoms. The Kier molecular flexibility index (Phi) is 4.14. The minimum atomic E-state index is -3.64. The fourth-order valence-corrected chi connectivity index (χ4v) is 4.49. The SMILES string of the molecule is O=S(=O)(NC1(CCl)CCC1)c1cc(Cl)cc(Cl)c1. The summed E-state index contributed by atoms with van der Waals surface area (Å²) in [6, 6.07) is 4.23. The lowest BCUT2D eigenvalue weighted by molar-refractivity contribution is 0.252. The minimum absolute atomic E-state index is 0.0661. The van der Waals surface area contributed by atoms with Crippen molar-refractivity contribution in [2.75, 3.05) is 5.88 Å². The molecule has 0 aliphatic heterocycles. The van der Waals surface area contributed by atoms with Crippen LogP contribution in [-0.2, 0) is 10.0 Å². The van der Waals surface area contributed by atoms with Gasteiger partial charge in [0.15, 0.2) is 0 Å². The smallest absolute Gasteiger partial charge is 0.207 e. The van der Waals surface area contributed by atoms with Crippen molar-refractivity contribution in [2.24, 2.45) is 0 Å². The molecule has 1 aliphatic rings. The highest BCUT2D eigenvalue weighted by Crippen LogP contribution is 2.35. The van der Waals surface area contributed by atoms with Crippen LogP contribution in [0.3, 0.4) is 0 Å². The number of halogens is 3. The normalized spacial score (nSPS) is 18.4. The first-order valence-corrected chi connectivity index (χ1v) is 8.20. The van der Waals surface area contributed by atoms with Gasteiger partial charge >= 0.3 is 0 Å². The van der Waals surface area contributed by atoms with Gasteiger partial charge < -0.3 is 0 Å². The van der Waals surface area contributed by atoms with Crippen LogP contribution in [0, 0.1) is 0 Å². The van der Waals surface area contributed by atoms with Crippen LogP contribution < -0.4 is 4.72 Å². The molecular formula is C11H12Cl3NO2S. The van der Waals surface area contributed by atoms with Gasteiger partial charge in [0.1, 0.15) is 0 Å². The third-order valence-electron chi connectivity index (χ3n) is 3.06. The van der Waals surface area contributed by atoms with Crippen molar-refractivity contribution in [1.29, 1.82) is 0 Å². The molecule has 3 nitrogen and oxygen atoms in total. The summed E-state index contributed by atoms with van der Waals surface area (Å²) in [5, 5.41) is 0.577. The van der Waals surface area contributed by atoms with E-state index in [1.807, 2.05) is 0 Å². The van der Waals surface area contributed by atoms with Gasteiger partial charge in [-0.05, 0) is 37.5 Å². The summed E-state index contributed by atoms with van der Waals surface area (Å²) in [5.41, 5.74) is -0.519. The molecule has 0 atom stereocenters. The highest BCUT2D eigenvalue weighted by atomic mass is 35.5. The number of hydrogen-bond acceptors (Lipinski definition) is 2. The second-order valence-electron chi connectivity index (χ2n) is 4.48. The van der Waals surface area contributed by atoms with Crippen LogP contribution in [0.4, 0.5) is 0 Å². The standard InChI is InChI=1S/C11H12Cl3NO2S/c12-7-11(2-1-3-11)15-18(16,17)10-5-8(13)4-9(14)6-10/h4-6,15H,1-3,7H2. The molecule has 0 heterocycles. The summed E-state index contributed by atoms with van der Waals surface area (Å²) < 4.78 is 27.1. The van der Waals surface area contributed by atoms with Crippen LogP contribution in [-0.4, -0.2) is 19.8 Å². The van der Waals surface area contributed by atoms with Gasteiger partial charge in [-0.2, -0.15) is 0 Å². The van der Waals surface area contributed by atoms with E-state index in [0.29, 0.717) is 0 Å². The van der Waals surface area contributed by atoms with Crippen LogP contribution in [0.5, 0.6) is 0 Å². The molecular weight excluding hydrogens is 317 g/mol. The predicted octanol–water partition coefficient (Wildman–Crippen LogP) is 3.43. The number of rotatable bonds is 4. The van der Waals surface area contributed by atoms with E-state index in [9.17, 15) is 8.42 Å².